The SMILES string of the molecule is CC(C)(CC=O)CN[C@@H](Cc1ccccc1)[C@@H](O)CCl. The Hall–Kier alpha value is -0.900. The molecule has 1 rings (SSSR count). The van der Waals surface area contributed by atoms with E-state index in [1.165, 1.54) is 0 Å². The number of alkyl halides is 1. The lowest BCUT2D eigenvalue weighted by Crippen LogP contribution is -2.46. The van der Waals surface area contributed by atoms with Crippen LogP contribution in [0.5, 0.6) is 0 Å². The van der Waals surface area contributed by atoms with Gasteiger partial charge in [-0.1, -0.05) is 44.2 Å². The highest BCUT2D eigenvalue weighted by Gasteiger charge is 2.23. The molecule has 0 heterocycles. The first-order valence-corrected chi connectivity index (χ1v) is 7.47. The van der Waals surface area contributed by atoms with Crippen molar-refractivity contribution in [1.82, 2.24) is 5.32 Å². The zero-order valence-electron chi connectivity index (χ0n) is 12.2. The summed E-state index contributed by atoms with van der Waals surface area (Å²) in [5, 5.41) is 13.4. The predicted octanol–water partition coefficient (Wildman–Crippen LogP) is 2.40. The lowest BCUT2D eigenvalue weighted by Gasteiger charge is -2.29. The van der Waals surface area contributed by atoms with E-state index in [-0.39, 0.29) is 17.3 Å². The molecule has 0 saturated carbocycles. The minimum atomic E-state index is -0.607. The molecule has 0 aromatic heterocycles. The third-order valence-corrected chi connectivity index (χ3v) is 3.72. The Morgan fingerprint density at radius 1 is 1.35 bits per heavy atom. The number of aliphatic hydroxyl groups is 1. The lowest BCUT2D eigenvalue weighted by atomic mass is 9.89. The molecule has 0 radical (unpaired) electrons. The molecule has 0 spiro atoms. The number of carbonyl (C=O) groups is 1. The largest absolute Gasteiger partial charge is 0.390 e. The van der Waals surface area contributed by atoms with Gasteiger partial charge in [0.05, 0.1) is 6.10 Å². The summed E-state index contributed by atoms with van der Waals surface area (Å²) < 4.78 is 0. The van der Waals surface area contributed by atoms with Gasteiger partial charge in [0.15, 0.2) is 0 Å². The fourth-order valence-corrected chi connectivity index (χ4v) is 2.24. The van der Waals surface area contributed by atoms with E-state index in [2.05, 4.69) is 5.32 Å². The average molecular weight is 298 g/mol. The maximum Gasteiger partial charge on any atom is 0.120 e. The van der Waals surface area contributed by atoms with Crippen LogP contribution in [0.3, 0.4) is 0 Å². The average Bonchev–Trinajstić information content (AvgIpc) is 2.43. The zero-order valence-corrected chi connectivity index (χ0v) is 12.9. The second kappa shape index (κ2) is 8.40. The first-order chi connectivity index (χ1) is 9.48. The van der Waals surface area contributed by atoms with Crippen LogP contribution < -0.4 is 5.32 Å². The van der Waals surface area contributed by atoms with Crippen LogP contribution in [0.15, 0.2) is 30.3 Å². The van der Waals surface area contributed by atoms with Crippen molar-refractivity contribution in [2.45, 2.75) is 38.8 Å². The Kier molecular flexibility index (Phi) is 7.20. The van der Waals surface area contributed by atoms with Crippen LogP contribution in [0.1, 0.15) is 25.8 Å². The number of aliphatic hydroxyl groups excluding tert-OH is 1. The van der Waals surface area contributed by atoms with Crippen molar-refractivity contribution >= 4 is 17.9 Å². The Morgan fingerprint density at radius 2 is 2.00 bits per heavy atom. The number of carbonyl (C=O) groups excluding carboxylic acids is 1. The van der Waals surface area contributed by atoms with Gasteiger partial charge >= 0.3 is 0 Å². The van der Waals surface area contributed by atoms with Crippen LogP contribution in [0.2, 0.25) is 0 Å². The molecule has 0 amide bonds. The Bertz CT molecular complexity index is 395. The molecule has 112 valence electrons. The monoisotopic (exact) mass is 297 g/mol. The van der Waals surface area contributed by atoms with Gasteiger partial charge in [-0.2, -0.15) is 0 Å². The van der Waals surface area contributed by atoms with Gasteiger partial charge in [-0.25, -0.2) is 0 Å². The van der Waals surface area contributed by atoms with E-state index >= 15 is 0 Å². The summed E-state index contributed by atoms with van der Waals surface area (Å²) in [7, 11) is 0. The molecule has 0 aliphatic carbocycles. The number of rotatable bonds is 9. The maximum atomic E-state index is 10.6. The molecular formula is C16H24ClNO2. The van der Waals surface area contributed by atoms with Gasteiger partial charge in [0, 0.05) is 24.9 Å². The number of aldehydes is 1. The van der Waals surface area contributed by atoms with E-state index in [1.54, 1.807) is 0 Å². The van der Waals surface area contributed by atoms with Gasteiger partial charge < -0.3 is 15.2 Å². The van der Waals surface area contributed by atoms with Crippen molar-refractivity contribution in [2.75, 3.05) is 12.4 Å². The molecule has 1 aromatic rings. The van der Waals surface area contributed by atoms with Crippen molar-refractivity contribution in [3.05, 3.63) is 35.9 Å². The van der Waals surface area contributed by atoms with Gasteiger partial charge in [0.25, 0.3) is 0 Å². The molecule has 20 heavy (non-hydrogen) atoms. The van der Waals surface area contributed by atoms with Gasteiger partial charge in [0.2, 0.25) is 0 Å². The van der Waals surface area contributed by atoms with Gasteiger partial charge in [0.1, 0.15) is 6.29 Å². The first kappa shape index (κ1) is 17.2. The van der Waals surface area contributed by atoms with Gasteiger partial charge in [-0.05, 0) is 17.4 Å². The fourth-order valence-electron chi connectivity index (χ4n) is 2.02. The van der Waals surface area contributed by atoms with E-state index in [9.17, 15) is 9.90 Å². The number of hydrogen-bond acceptors (Lipinski definition) is 3. The molecule has 0 saturated heterocycles. The molecule has 0 bridgehead atoms. The standard InChI is InChI=1S/C16H24ClNO2/c1-16(2,8-9-19)12-18-14(15(20)11-17)10-13-6-4-3-5-7-13/h3-7,9,14-15,18,20H,8,10-12H2,1-2H3/t14-,15-/m0/s1. The van der Waals surface area contributed by atoms with Crippen LogP contribution in [-0.2, 0) is 11.2 Å². The molecule has 0 aliphatic heterocycles. The van der Waals surface area contributed by atoms with Crippen LogP contribution in [0.25, 0.3) is 0 Å². The van der Waals surface area contributed by atoms with E-state index in [4.69, 9.17) is 11.6 Å². The minimum absolute atomic E-state index is 0.110. The summed E-state index contributed by atoms with van der Waals surface area (Å²) in [4.78, 5) is 10.6. The van der Waals surface area contributed by atoms with E-state index in [0.717, 1.165) is 11.8 Å². The number of halogens is 1. The molecule has 0 fully saturated rings. The topological polar surface area (TPSA) is 49.3 Å². The molecular weight excluding hydrogens is 274 g/mol. The summed E-state index contributed by atoms with van der Waals surface area (Å²) in [6.07, 6.45) is 1.54. The normalized spacial score (nSPS) is 14.8. The van der Waals surface area contributed by atoms with Crippen LogP contribution in [0, 0.1) is 5.41 Å². The predicted molar refractivity (Wildman–Crippen MR) is 83.1 cm³/mol. The molecule has 0 unspecified atom stereocenters. The van der Waals surface area contributed by atoms with Crippen molar-refractivity contribution in [1.29, 1.82) is 0 Å². The van der Waals surface area contributed by atoms with Crippen LogP contribution >= 0.6 is 11.6 Å². The molecule has 4 heteroatoms. The summed E-state index contributed by atoms with van der Waals surface area (Å²) >= 11 is 5.78. The first-order valence-electron chi connectivity index (χ1n) is 6.93. The number of nitrogens with one attached hydrogen (secondary N) is 1. The minimum Gasteiger partial charge on any atom is -0.390 e. The quantitative estimate of drug-likeness (QED) is 0.543. The highest BCUT2D eigenvalue weighted by atomic mass is 35.5. The number of benzene rings is 1. The summed E-state index contributed by atoms with van der Waals surface area (Å²) in [6, 6.07) is 9.89. The van der Waals surface area contributed by atoms with Crippen molar-refractivity contribution in [3.8, 4) is 0 Å². The Labute approximate surface area is 126 Å². The van der Waals surface area contributed by atoms with Crippen LogP contribution in [0.4, 0.5) is 0 Å². The fraction of sp³-hybridized carbons (Fsp3) is 0.562. The highest BCUT2D eigenvalue weighted by molar-refractivity contribution is 6.18. The molecule has 0 aliphatic rings. The van der Waals surface area contributed by atoms with Crippen molar-refractivity contribution in [3.63, 3.8) is 0 Å². The summed E-state index contributed by atoms with van der Waals surface area (Å²) in [5.74, 6) is 0.193. The Balaban J connectivity index is 2.63. The second-order valence-corrected chi connectivity index (χ2v) is 6.24. The van der Waals surface area contributed by atoms with Gasteiger partial charge in [-0.3, -0.25) is 0 Å². The smallest absolute Gasteiger partial charge is 0.120 e. The summed E-state index contributed by atoms with van der Waals surface area (Å²) in [6.45, 7) is 4.72. The molecule has 2 atom stereocenters. The number of hydrogen-bond donors (Lipinski definition) is 2. The van der Waals surface area contributed by atoms with Crippen LogP contribution in [-0.4, -0.2) is 36.0 Å². The van der Waals surface area contributed by atoms with E-state index < -0.39 is 6.10 Å². The van der Waals surface area contributed by atoms with Crippen molar-refractivity contribution in [2.24, 2.45) is 5.41 Å². The van der Waals surface area contributed by atoms with E-state index in [1.807, 2.05) is 44.2 Å². The second-order valence-electron chi connectivity index (χ2n) is 5.93. The van der Waals surface area contributed by atoms with E-state index in [0.29, 0.717) is 19.4 Å². The lowest BCUT2D eigenvalue weighted by molar-refractivity contribution is -0.109. The molecule has 1 aromatic carbocycles. The molecule has 3 nitrogen and oxygen atoms in total. The third-order valence-electron chi connectivity index (χ3n) is 3.40. The summed E-state index contributed by atoms with van der Waals surface area (Å²) in [5.41, 5.74) is 1.03. The van der Waals surface area contributed by atoms with Gasteiger partial charge in [-0.15, -0.1) is 11.6 Å². The van der Waals surface area contributed by atoms with Crippen molar-refractivity contribution < 1.29 is 9.90 Å². The zero-order chi connectivity index (χ0) is 15.0. The Morgan fingerprint density at radius 3 is 2.55 bits per heavy atom. The maximum absolute atomic E-state index is 10.6. The third kappa shape index (κ3) is 6.04. The highest BCUT2D eigenvalue weighted by Crippen LogP contribution is 2.18. The molecule has 2 N–H and O–H groups in total.